The summed E-state index contributed by atoms with van der Waals surface area (Å²) in [5, 5.41) is 33.8. The summed E-state index contributed by atoms with van der Waals surface area (Å²) in [6.07, 6.45) is 62.6. The van der Waals surface area contributed by atoms with Crippen LogP contribution in [0.3, 0.4) is 0 Å². The molecule has 0 rings (SSSR count). The minimum Gasteiger partial charge on any atom is -0.394 e. The SMILES string of the molecule is CCCCCCCCCCCCCCCCCCCCCCCCCCCCCCCCC(=O)NC(CO)C(O)C(O)CCCCCCCCCCCCCCCCCCC. The van der Waals surface area contributed by atoms with Gasteiger partial charge < -0.3 is 20.6 Å². The molecule has 0 radical (unpaired) electrons. The molecule has 0 bridgehead atoms. The maximum Gasteiger partial charge on any atom is 0.220 e. The number of carbonyl (C=O) groups is 1. The second-order valence-electron chi connectivity index (χ2n) is 19.9. The number of unbranched alkanes of at least 4 members (excludes halogenated alkanes) is 45. The first kappa shape index (κ1) is 60.4. The fourth-order valence-corrected chi connectivity index (χ4v) is 9.34. The van der Waals surface area contributed by atoms with E-state index in [-0.39, 0.29) is 12.5 Å². The Hall–Kier alpha value is -0.650. The van der Waals surface area contributed by atoms with Crippen LogP contribution in [0.4, 0.5) is 0 Å². The third-order valence-corrected chi connectivity index (χ3v) is 13.7. The molecule has 366 valence electrons. The van der Waals surface area contributed by atoms with Gasteiger partial charge in [-0.25, -0.2) is 0 Å². The molecule has 0 fully saturated rings. The molecule has 0 aliphatic carbocycles. The van der Waals surface area contributed by atoms with Crippen molar-refractivity contribution in [3.8, 4) is 0 Å². The van der Waals surface area contributed by atoms with Gasteiger partial charge in [0.2, 0.25) is 5.91 Å². The number of hydrogen-bond acceptors (Lipinski definition) is 4. The lowest BCUT2D eigenvalue weighted by Crippen LogP contribution is -2.50. The van der Waals surface area contributed by atoms with Crippen LogP contribution in [0.2, 0.25) is 0 Å². The number of hydrogen-bond donors (Lipinski definition) is 4. The topological polar surface area (TPSA) is 89.8 Å². The molecule has 1 amide bonds. The number of aliphatic hydroxyl groups is 3. The van der Waals surface area contributed by atoms with Crippen LogP contribution in [0.1, 0.15) is 328 Å². The molecule has 0 aromatic rings. The van der Waals surface area contributed by atoms with Crippen LogP contribution in [-0.2, 0) is 4.79 Å². The van der Waals surface area contributed by atoms with Crippen molar-refractivity contribution < 1.29 is 20.1 Å². The summed E-state index contributed by atoms with van der Waals surface area (Å²) < 4.78 is 0. The zero-order valence-corrected chi connectivity index (χ0v) is 41.8. The minimum atomic E-state index is -1.13. The summed E-state index contributed by atoms with van der Waals surface area (Å²) in [5.74, 6) is -0.136. The van der Waals surface area contributed by atoms with E-state index in [1.807, 2.05) is 0 Å². The molecule has 3 unspecified atom stereocenters. The van der Waals surface area contributed by atoms with Crippen molar-refractivity contribution in [2.24, 2.45) is 0 Å². The molecule has 0 saturated carbocycles. The zero-order valence-electron chi connectivity index (χ0n) is 41.8. The van der Waals surface area contributed by atoms with Crippen molar-refractivity contribution in [1.29, 1.82) is 0 Å². The standard InChI is InChI=1S/C56H113NO4/c1-3-5-7-9-11-13-15-17-19-21-22-23-24-25-26-27-28-29-30-31-32-33-35-37-39-41-43-45-47-49-51-55(60)57-53(52-58)56(61)54(59)50-48-46-44-42-40-38-36-34-20-18-16-14-12-10-8-6-4-2/h53-54,56,58-59,61H,3-52H2,1-2H3,(H,57,60). The van der Waals surface area contributed by atoms with Crippen molar-refractivity contribution in [2.45, 2.75) is 347 Å². The molecule has 3 atom stereocenters. The zero-order chi connectivity index (χ0) is 44.4. The number of amides is 1. The lowest BCUT2D eigenvalue weighted by atomic mass is 9.99. The van der Waals surface area contributed by atoms with E-state index in [0.29, 0.717) is 12.8 Å². The molecular formula is C56H113NO4. The predicted molar refractivity (Wildman–Crippen MR) is 269 cm³/mol. The number of rotatable bonds is 53. The minimum absolute atomic E-state index is 0.136. The van der Waals surface area contributed by atoms with Gasteiger partial charge in [0.15, 0.2) is 0 Å². The van der Waals surface area contributed by atoms with E-state index in [9.17, 15) is 20.1 Å². The molecule has 5 heteroatoms. The summed E-state index contributed by atoms with van der Waals surface area (Å²) >= 11 is 0. The Balaban J connectivity index is 3.46. The van der Waals surface area contributed by atoms with E-state index < -0.39 is 18.2 Å². The van der Waals surface area contributed by atoms with Crippen molar-refractivity contribution in [2.75, 3.05) is 6.61 Å². The van der Waals surface area contributed by atoms with Gasteiger partial charge in [0.05, 0.1) is 18.8 Å². The van der Waals surface area contributed by atoms with Crippen LogP contribution in [0.15, 0.2) is 0 Å². The van der Waals surface area contributed by atoms with Gasteiger partial charge >= 0.3 is 0 Å². The van der Waals surface area contributed by atoms with Crippen LogP contribution < -0.4 is 5.32 Å². The lowest BCUT2D eigenvalue weighted by Gasteiger charge is -2.26. The Kier molecular flexibility index (Phi) is 51.4. The summed E-state index contributed by atoms with van der Waals surface area (Å²) in [5.41, 5.74) is 0. The first-order valence-electron chi connectivity index (χ1n) is 28.3. The third-order valence-electron chi connectivity index (χ3n) is 13.7. The highest BCUT2D eigenvalue weighted by molar-refractivity contribution is 5.76. The molecule has 61 heavy (non-hydrogen) atoms. The van der Waals surface area contributed by atoms with E-state index in [1.165, 1.54) is 270 Å². The van der Waals surface area contributed by atoms with Crippen molar-refractivity contribution in [3.63, 3.8) is 0 Å². The normalized spacial score (nSPS) is 13.2. The van der Waals surface area contributed by atoms with Gasteiger partial charge in [-0.3, -0.25) is 4.79 Å². The van der Waals surface area contributed by atoms with E-state index in [2.05, 4.69) is 19.2 Å². The number of nitrogens with one attached hydrogen (secondary N) is 1. The Morgan fingerprint density at radius 2 is 0.557 bits per heavy atom. The molecule has 5 nitrogen and oxygen atoms in total. The molecule has 0 aromatic carbocycles. The number of aliphatic hydroxyl groups excluding tert-OH is 3. The van der Waals surface area contributed by atoms with Crippen LogP contribution in [-0.4, -0.2) is 46.1 Å². The van der Waals surface area contributed by atoms with Gasteiger partial charge in [0.25, 0.3) is 0 Å². The Bertz CT molecular complexity index is 822. The average Bonchev–Trinajstić information content (AvgIpc) is 3.26. The highest BCUT2D eigenvalue weighted by Gasteiger charge is 2.26. The maximum absolute atomic E-state index is 12.5. The molecular weight excluding hydrogens is 751 g/mol. The highest BCUT2D eigenvalue weighted by atomic mass is 16.3. The molecule has 0 aliphatic rings. The quantitative estimate of drug-likeness (QED) is 0.0459. The fraction of sp³-hybridized carbons (Fsp3) is 0.982. The highest BCUT2D eigenvalue weighted by Crippen LogP contribution is 2.19. The second-order valence-corrected chi connectivity index (χ2v) is 19.9. The summed E-state index contributed by atoms with van der Waals surface area (Å²) in [6.45, 7) is 4.22. The average molecular weight is 865 g/mol. The van der Waals surface area contributed by atoms with Crippen LogP contribution in [0.25, 0.3) is 0 Å². The summed E-state index contributed by atoms with van der Waals surface area (Å²) in [7, 11) is 0. The summed E-state index contributed by atoms with van der Waals surface area (Å²) in [6, 6.07) is -0.804. The molecule has 0 heterocycles. The van der Waals surface area contributed by atoms with E-state index >= 15 is 0 Å². The van der Waals surface area contributed by atoms with Crippen LogP contribution >= 0.6 is 0 Å². The Labute approximate surface area is 383 Å². The lowest BCUT2D eigenvalue weighted by molar-refractivity contribution is -0.124. The predicted octanol–water partition coefficient (Wildman–Crippen LogP) is 17.3. The fourth-order valence-electron chi connectivity index (χ4n) is 9.34. The van der Waals surface area contributed by atoms with Crippen LogP contribution in [0.5, 0.6) is 0 Å². The Morgan fingerprint density at radius 1 is 0.344 bits per heavy atom. The monoisotopic (exact) mass is 864 g/mol. The molecule has 4 N–H and O–H groups in total. The smallest absolute Gasteiger partial charge is 0.220 e. The molecule has 0 aromatic heterocycles. The van der Waals surface area contributed by atoms with Crippen molar-refractivity contribution in [1.82, 2.24) is 5.32 Å². The van der Waals surface area contributed by atoms with Gasteiger partial charge in [-0.1, -0.05) is 309 Å². The Morgan fingerprint density at radius 3 is 0.787 bits per heavy atom. The largest absolute Gasteiger partial charge is 0.394 e. The van der Waals surface area contributed by atoms with E-state index in [4.69, 9.17) is 0 Å². The van der Waals surface area contributed by atoms with E-state index in [1.54, 1.807) is 0 Å². The summed E-state index contributed by atoms with van der Waals surface area (Å²) in [4.78, 5) is 12.5. The molecule has 0 spiro atoms. The maximum atomic E-state index is 12.5. The van der Waals surface area contributed by atoms with Crippen LogP contribution in [0, 0.1) is 0 Å². The van der Waals surface area contributed by atoms with Crippen molar-refractivity contribution >= 4 is 5.91 Å². The molecule has 0 aliphatic heterocycles. The van der Waals surface area contributed by atoms with Gasteiger partial charge in [-0.15, -0.1) is 0 Å². The van der Waals surface area contributed by atoms with Gasteiger partial charge in [0.1, 0.15) is 6.10 Å². The van der Waals surface area contributed by atoms with Gasteiger partial charge in [0, 0.05) is 6.42 Å². The van der Waals surface area contributed by atoms with Gasteiger partial charge in [-0.2, -0.15) is 0 Å². The first-order chi connectivity index (χ1) is 30.1. The molecule has 0 saturated heterocycles. The number of carbonyl (C=O) groups excluding carboxylic acids is 1. The third kappa shape index (κ3) is 47.1. The van der Waals surface area contributed by atoms with Gasteiger partial charge in [-0.05, 0) is 12.8 Å². The van der Waals surface area contributed by atoms with E-state index in [0.717, 1.165) is 32.1 Å². The second kappa shape index (κ2) is 52.0. The first-order valence-corrected chi connectivity index (χ1v) is 28.3. The van der Waals surface area contributed by atoms with Crippen molar-refractivity contribution in [3.05, 3.63) is 0 Å².